The molecule has 1 aromatic rings. The van der Waals surface area contributed by atoms with E-state index in [1.165, 1.54) is 0 Å². The lowest BCUT2D eigenvalue weighted by atomic mass is 10.2. The predicted octanol–water partition coefficient (Wildman–Crippen LogP) is 1.56. The first kappa shape index (κ1) is 11.7. The van der Waals surface area contributed by atoms with Gasteiger partial charge in [-0.1, -0.05) is 35.3 Å². The Morgan fingerprint density at radius 3 is 2.62 bits per heavy atom. The van der Waals surface area contributed by atoms with Gasteiger partial charge < -0.3 is 5.32 Å². The molecule has 1 atom stereocenters. The van der Waals surface area contributed by atoms with Crippen LogP contribution in [0.3, 0.4) is 0 Å². The Morgan fingerprint density at radius 2 is 2.00 bits per heavy atom. The number of para-hydroxylation sites is 2. The van der Waals surface area contributed by atoms with Crippen LogP contribution in [-0.2, 0) is 10.0 Å². The molecular formula is C8H7Cl2N3O2S. The van der Waals surface area contributed by atoms with E-state index in [1.807, 2.05) is 0 Å². The molecular weight excluding hydrogens is 273 g/mol. The monoisotopic (exact) mass is 279 g/mol. The molecule has 0 saturated heterocycles. The summed E-state index contributed by atoms with van der Waals surface area (Å²) in [4.78, 5) is 3.89. The van der Waals surface area contributed by atoms with Crippen LogP contribution in [0.4, 0.5) is 11.4 Å². The maximum atomic E-state index is 11.3. The topological polar surface area (TPSA) is 84.5 Å². The van der Waals surface area contributed by atoms with Crippen LogP contribution in [0.2, 0.25) is 0 Å². The van der Waals surface area contributed by atoms with Crippen LogP contribution in [0.5, 0.6) is 0 Å². The second-order valence-corrected chi connectivity index (χ2v) is 6.04. The maximum absolute atomic E-state index is 11.3. The molecule has 0 spiro atoms. The Labute approximate surface area is 102 Å². The van der Waals surface area contributed by atoms with Crippen LogP contribution >= 0.6 is 23.2 Å². The molecule has 1 unspecified atom stereocenters. The fraction of sp³-hybridized carbons (Fsp3) is 0.125. The van der Waals surface area contributed by atoms with Crippen molar-refractivity contribution in [1.82, 2.24) is 0 Å². The molecule has 1 aromatic carbocycles. The molecule has 0 amide bonds. The molecule has 0 aromatic heterocycles. The molecule has 86 valence electrons. The fourth-order valence-corrected chi connectivity index (χ4v) is 2.41. The summed E-state index contributed by atoms with van der Waals surface area (Å²) in [6.45, 7) is 0. The summed E-state index contributed by atoms with van der Waals surface area (Å²) in [7, 11) is -4.13. The van der Waals surface area contributed by atoms with Gasteiger partial charge in [-0.05, 0) is 12.1 Å². The highest BCUT2D eigenvalue weighted by molar-refractivity contribution is 7.93. The molecule has 5 nitrogen and oxygen atoms in total. The van der Waals surface area contributed by atoms with E-state index < -0.39 is 14.4 Å². The number of halogens is 2. The van der Waals surface area contributed by atoms with Gasteiger partial charge in [-0.15, -0.1) is 0 Å². The third-order valence-corrected chi connectivity index (χ3v) is 4.65. The van der Waals surface area contributed by atoms with Gasteiger partial charge >= 0.3 is 0 Å². The Hall–Kier alpha value is -0.820. The highest BCUT2D eigenvalue weighted by atomic mass is 35.5. The number of sulfonamides is 1. The lowest BCUT2D eigenvalue weighted by Gasteiger charge is -2.29. The average molecular weight is 280 g/mol. The minimum atomic E-state index is -4.13. The standard InChI is InChI=1S/C8H7Cl2N3O2S/c9-7-8(10,16(11,14)15)13-6-4-2-1-3-5(6)12-7/h1-4,13H,(H2,11,14,15). The van der Waals surface area contributed by atoms with Crippen molar-refractivity contribution >= 4 is 49.8 Å². The number of hydrogen-bond acceptors (Lipinski definition) is 4. The maximum Gasteiger partial charge on any atom is 0.282 e. The van der Waals surface area contributed by atoms with Crippen LogP contribution in [-0.4, -0.2) is 17.9 Å². The second-order valence-electron chi connectivity index (χ2n) is 3.19. The van der Waals surface area contributed by atoms with E-state index >= 15 is 0 Å². The lowest BCUT2D eigenvalue weighted by Crippen LogP contribution is -2.50. The average Bonchev–Trinajstić information content (AvgIpc) is 2.18. The van der Waals surface area contributed by atoms with E-state index in [4.69, 9.17) is 28.3 Å². The van der Waals surface area contributed by atoms with Crippen LogP contribution in [0.25, 0.3) is 0 Å². The van der Waals surface area contributed by atoms with Crippen molar-refractivity contribution in [2.24, 2.45) is 10.1 Å². The molecule has 2 rings (SSSR count). The summed E-state index contributed by atoms with van der Waals surface area (Å²) in [6.07, 6.45) is 0. The van der Waals surface area contributed by atoms with Crippen molar-refractivity contribution in [3.8, 4) is 0 Å². The van der Waals surface area contributed by atoms with Gasteiger partial charge in [0.2, 0.25) is 0 Å². The normalized spacial score (nSPS) is 24.3. The first-order valence-corrected chi connectivity index (χ1v) is 6.48. The molecule has 8 heteroatoms. The number of primary sulfonamides is 1. The first-order chi connectivity index (χ1) is 7.34. The number of rotatable bonds is 1. The van der Waals surface area contributed by atoms with Crippen LogP contribution in [0, 0.1) is 0 Å². The highest BCUT2D eigenvalue weighted by Gasteiger charge is 2.47. The Morgan fingerprint density at radius 1 is 1.38 bits per heavy atom. The van der Waals surface area contributed by atoms with E-state index in [1.54, 1.807) is 24.3 Å². The fourth-order valence-electron chi connectivity index (χ4n) is 1.27. The molecule has 3 N–H and O–H groups in total. The zero-order chi connectivity index (χ0) is 12.0. The van der Waals surface area contributed by atoms with E-state index in [0.717, 1.165) is 0 Å². The van der Waals surface area contributed by atoms with Gasteiger partial charge in [-0.2, -0.15) is 0 Å². The summed E-state index contributed by atoms with van der Waals surface area (Å²) < 4.78 is 20.6. The van der Waals surface area contributed by atoms with Crippen LogP contribution in [0.1, 0.15) is 0 Å². The van der Waals surface area contributed by atoms with Crippen LogP contribution < -0.4 is 10.5 Å². The SMILES string of the molecule is NS(=O)(=O)C1(Cl)Nc2ccccc2N=C1Cl. The molecule has 0 radical (unpaired) electrons. The number of nitrogens with two attached hydrogens (primary N) is 1. The van der Waals surface area contributed by atoms with Gasteiger partial charge in [0.25, 0.3) is 14.4 Å². The summed E-state index contributed by atoms with van der Waals surface area (Å²) in [5.74, 6) is 0. The lowest BCUT2D eigenvalue weighted by molar-refractivity contribution is 0.592. The number of benzene rings is 1. The molecule has 1 aliphatic heterocycles. The summed E-state index contributed by atoms with van der Waals surface area (Å²) in [6, 6.07) is 6.75. The van der Waals surface area contributed by atoms with Gasteiger partial charge in [0.05, 0.1) is 11.4 Å². The van der Waals surface area contributed by atoms with E-state index in [-0.39, 0.29) is 5.17 Å². The number of nitrogens with zero attached hydrogens (tertiary/aromatic N) is 1. The summed E-state index contributed by atoms with van der Waals surface area (Å²) >= 11 is 11.6. The first-order valence-electron chi connectivity index (χ1n) is 4.18. The van der Waals surface area contributed by atoms with E-state index in [0.29, 0.717) is 11.4 Å². The molecule has 1 heterocycles. The zero-order valence-corrected chi connectivity index (χ0v) is 10.1. The number of anilines is 1. The molecule has 1 aliphatic rings. The second kappa shape index (κ2) is 3.59. The van der Waals surface area contributed by atoms with Crippen molar-refractivity contribution in [3.05, 3.63) is 24.3 Å². The quantitative estimate of drug-likeness (QED) is 0.604. The van der Waals surface area contributed by atoms with Gasteiger partial charge in [0.1, 0.15) is 0 Å². The summed E-state index contributed by atoms with van der Waals surface area (Å²) in [5, 5.41) is 7.23. The Kier molecular flexibility index (Phi) is 2.62. The Bertz CT molecular complexity index is 572. The van der Waals surface area contributed by atoms with Crippen molar-refractivity contribution < 1.29 is 8.42 Å². The van der Waals surface area contributed by atoms with Gasteiger partial charge in [0, 0.05) is 0 Å². The van der Waals surface area contributed by atoms with Crippen molar-refractivity contribution in [2.75, 3.05) is 5.32 Å². The van der Waals surface area contributed by atoms with E-state index in [2.05, 4.69) is 10.3 Å². The molecule has 0 fully saturated rings. The third-order valence-electron chi connectivity index (χ3n) is 2.08. The number of alkyl halides is 1. The smallest absolute Gasteiger partial charge is 0.282 e. The van der Waals surface area contributed by atoms with Gasteiger partial charge in [-0.25, -0.2) is 18.5 Å². The third kappa shape index (κ3) is 1.67. The number of hydrogen-bond donors (Lipinski definition) is 2. The molecule has 0 aliphatic carbocycles. The zero-order valence-electron chi connectivity index (χ0n) is 7.81. The minimum Gasteiger partial charge on any atom is -0.346 e. The Balaban J connectivity index is 2.61. The van der Waals surface area contributed by atoms with Gasteiger partial charge in [0.15, 0.2) is 5.17 Å². The highest BCUT2D eigenvalue weighted by Crippen LogP contribution is 2.38. The van der Waals surface area contributed by atoms with Crippen molar-refractivity contribution in [3.63, 3.8) is 0 Å². The summed E-state index contributed by atoms with van der Waals surface area (Å²) in [5.41, 5.74) is 0.961. The van der Waals surface area contributed by atoms with Crippen molar-refractivity contribution in [1.29, 1.82) is 0 Å². The number of fused-ring (bicyclic) bond motifs is 1. The van der Waals surface area contributed by atoms with Gasteiger partial charge in [-0.3, -0.25) is 0 Å². The molecule has 16 heavy (non-hydrogen) atoms. The molecule has 0 bridgehead atoms. The predicted molar refractivity (Wildman–Crippen MR) is 64.7 cm³/mol. The number of nitrogens with one attached hydrogen (secondary N) is 1. The largest absolute Gasteiger partial charge is 0.346 e. The van der Waals surface area contributed by atoms with E-state index in [9.17, 15) is 8.42 Å². The van der Waals surface area contributed by atoms with Crippen molar-refractivity contribution in [2.45, 2.75) is 4.33 Å². The molecule has 0 saturated carbocycles. The number of aliphatic imine (C=N–C) groups is 1. The van der Waals surface area contributed by atoms with Crippen LogP contribution in [0.15, 0.2) is 29.3 Å². The minimum absolute atomic E-state index is 0.324.